The summed E-state index contributed by atoms with van der Waals surface area (Å²) in [5.74, 6) is 0. The Morgan fingerprint density at radius 2 is 1.71 bits per heavy atom. The van der Waals surface area contributed by atoms with Gasteiger partial charge in [0.05, 0.1) is 54.3 Å². The Morgan fingerprint density at radius 3 is 2.49 bits per heavy atom. The van der Waals surface area contributed by atoms with Crippen LogP contribution in [-0.2, 0) is 16.0 Å². The lowest BCUT2D eigenvalue weighted by atomic mass is 9.92. The number of benzene rings is 1. The van der Waals surface area contributed by atoms with Crippen molar-refractivity contribution in [3.05, 3.63) is 70.5 Å². The van der Waals surface area contributed by atoms with E-state index >= 15 is 0 Å². The molecule has 2 fully saturated rings. The van der Waals surface area contributed by atoms with Gasteiger partial charge in [0.2, 0.25) is 0 Å². The van der Waals surface area contributed by atoms with Crippen molar-refractivity contribution in [2.75, 3.05) is 44.3 Å². The number of hydrogen-bond donors (Lipinski definition) is 0. The number of fused-ring (bicyclic) bond motifs is 4. The van der Waals surface area contributed by atoms with Crippen molar-refractivity contribution >= 4 is 33.5 Å². The number of aromatic nitrogens is 3. The van der Waals surface area contributed by atoms with Crippen LogP contribution in [0.3, 0.4) is 0 Å². The summed E-state index contributed by atoms with van der Waals surface area (Å²) in [4.78, 5) is 36.1. The van der Waals surface area contributed by atoms with E-state index in [1.165, 1.54) is 12.8 Å². The van der Waals surface area contributed by atoms with E-state index in [0.717, 1.165) is 72.3 Å². The van der Waals surface area contributed by atoms with Gasteiger partial charge < -0.3 is 18.9 Å². The van der Waals surface area contributed by atoms with Crippen LogP contribution in [0.5, 0.6) is 0 Å². The van der Waals surface area contributed by atoms with Crippen LogP contribution in [0.15, 0.2) is 53.7 Å². The highest BCUT2D eigenvalue weighted by Crippen LogP contribution is 2.42. The number of hydrogen-bond acceptors (Lipinski definition) is 7. The molecule has 0 N–H and O–H groups in total. The normalized spacial score (nSPS) is 21.6. The van der Waals surface area contributed by atoms with Crippen LogP contribution in [0.4, 0.5) is 10.5 Å². The van der Waals surface area contributed by atoms with E-state index in [4.69, 9.17) is 9.47 Å². The first-order valence-electron chi connectivity index (χ1n) is 14.8. The minimum absolute atomic E-state index is 0.00887. The van der Waals surface area contributed by atoms with Crippen LogP contribution < -0.4 is 10.5 Å². The predicted octanol–water partition coefficient (Wildman–Crippen LogP) is 4.93. The molecule has 0 saturated carbocycles. The number of carbonyl (C=O) groups is 1. The van der Waals surface area contributed by atoms with E-state index < -0.39 is 5.60 Å². The number of cyclic esters (lactones) is 1. The maximum atomic E-state index is 13.6. The smallest absolute Gasteiger partial charge is 0.419 e. The van der Waals surface area contributed by atoms with Gasteiger partial charge in [0, 0.05) is 36.3 Å². The Morgan fingerprint density at radius 1 is 0.927 bits per heavy atom. The van der Waals surface area contributed by atoms with Gasteiger partial charge in [0.15, 0.2) is 0 Å². The van der Waals surface area contributed by atoms with Crippen LogP contribution in [0.2, 0.25) is 0 Å². The molecule has 6 heterocycles. The zero-order valence-electron chi connectivity index (χ0n) is 23.8. The van der Waals surface area contributed by atoms with Crippen LogP contribution >= 0.6 is 0 Å². The average molecular weight is 556 g/mol. The molecule has 1 atom stereocenters. The zero-order chi connectivity index (χ0) is 28.1. The summed E-state index contributed by atoms with van der Waals surface area (Å²) in [7, 11) is 0. The van der Waals surface area contributed by atoms with Gasteiger partial charge >= 0.3 is 6.09 Å². The van der Waals surface area contributed by atoms with Gasteiger partial charge in [-0.2, -0.15) is 0 Å². The second-order valence-electron chi connectivity index (χ2n) is 12.1. The molecular formula is C32H37N5O4. The van der Waals surface area contributed by atoms with Crippen molar-refractivity contribution in [2.24, 2.45) is 0 Å². The summed E-state index contributed by atoms with van der Waals surface area (Å²) in [6.07, 6.45) is 9.82. The Balaban J connectivity index is 1.25. The first-order chi connectivity index (χ1) is 19.9. The fourth-order valence-corrected chi connectivity index (χ4v) is 7.00. The first-order valence-corrected chi connectivity index (χ1v) is 14.8. The van der Waals surface area contributed by atoms with Crippen molar-refractivity contribution < 1.29 is 14.3 Å². The molecule has 41 heavy (non-hydrogen) atoms. The summed E-state index contributed by atoms with van der Waals surface area (Å²) in [5.41, 5.74) is 3.02. The van der Waals surface area contributed by atoms with Crippen LogP contribution in [0.1, 0.15) is 56.8 Å². The molecule has 0 spiro atoms. The molecule has 3 aliphatic rings. The van der Waals surface area contributed by atoms with Crippen molar-refractivity contribution in [3.8, 4) is 0 Å². The van der Waals surface area contributed by atoms with Gasteiger partial charge in [-0.1, -0.05) is 25.0 Å². The van der Waals surface area contributed by atoms with Gasteiger partial charge in [0.25, 0.3) is 5.56 Å². The largest absolute Gasteiger partial charge is 0.441 e. The van der Waals surface area contributed by atoms with E-state index in [-0.39, 0.29) is 17.7 Å². The molecule has 9 nitrogen and oxygen atoms in total. The number of carbonyl (C=O) groups excluding carboxylic acids is 1. The highest BCUT2D eigenvalue weighted by Gasteiger charge is 2.45. The molecular weight excluding hydrogens is 518 g/mol. The fraction of sp³-hybridized carbons (Fsp3) is 0.469. The number of nitrogens with zero attached hydrogens (tertiary/aromatic N) is 5. The second-order valence-corrected chi connectivity index (χ2v) is 12.1. The molecule has 214 valence electrons. The summed E-state index contributed by atoms with van der Waals surface area (Å²) in [6, 6.07) is 10.3. The third kappa shape index (κ3) is 4.61. The summed E-state index contributed by atoms with van der Waals surface area (Å²) >= 11 is 0. The molecule has 2 saturated heterocycles. The Bertz CT molecular complexity index is 1670. The molecule has 1 aromatic carbocycles. The number of ether oxygens (including phenoxy) is 2. The molecule has 3 aliphatic heterocycles. The molecule has 0 bridgehead atoms. The van der Waals surface area contributed by atoms with E-state index in [1.54, 1.807) is 15.3 Å². The molecule has 7 rings (SSSR count). The van der Waals surface area contributed by atoms with Gasteiger partial charge in [-0.3, -0.25) is 14.7 Å². The van der Waals surface area contributed by atoms with Crippen molar-refractivity contribution in [3.63, 3.8) is 0 Å². The number of morpholine rings is 1. The van der Waals surface area contributed by atoms with Gasteiger partial charge in [-0.05, 0) is 63.5 Å². The summed E-state index contributed by atoms with van der Waals surface area (Å²) < 4.78 is 15.0. The molecule has 3 aromatic heterocycles. The SMILES string of the molecule is CC1(C)OC(=O)n2c(cc3ccc(Cn4ccc5c(N6CCOCC6)cncc5c4=O)cc32)C1N1CCCCCC1. The molecule has 4 aromatic rings. The third-order valence-corrected chi connectivity index (χ3v) is 8.96. The number of likely N-dealkylation sites (tertiary alicyclic amines) is 1. The molecule has 1 unspecified atom stereocenters. The van der Waals surface area contributed by atoms with Gasteiger partial charge in [0.1, 0.15) is 5.60 Å². The summed E-state index contributed by atoms with van der Waals surface area (Å²) in [5, 5.41) is 2.51. The molecule has 0 radical (unpaired) electrons. The zero-order valence-corrected chi connectivity index (χ0v) is 23.8. The van der Waals surface area contributed by atoms with Crippen molar-refractivity contribution in [2.45, 2.75) is 57.7 Å². The summed E-state index contributed by atoms with van der Waals surface area (Å²) in [6.45, 7) is 9.36. The predicted molar refractivity (Wildman–Crippen MR) is 159 cm³/mol. The second kappa shape index (κ2) is 10.3. The average Bonchev–Trinajstić information content (AvgIpc) is 3.13. The van der Waals surface area contributed by atoms with Gasteiger partial charge in [-0.15, -0.1) is 0 Å². The maximum Gasteiger partial charge on any atom is 0.419 e. The third-order valence-electron chi connectivity index (χ3n) is 8.96. The van der Waals surface area contributed by atoms with E-state index in [0.29, 0.717) is 25.1 Å². The van der Waals surface area contributed by atoms with Crippen molar-refractivity contribution in [1.82, 2.24) is 19.0 Å². The Labute approximate surface area is 239 Å². The Kier molecular flexibility index (Phi) is 6.59. The van der Waals surface area contributed by atoms with Crippen molar-refractivity contribution in [1.29, 1.82) is 0 Å². The quantitative estimate of drug-likeness (QED) is 0.353. The number of pyridine rings is 2. The number of anilines is 1. The topological polar surface area (TPSA) is 81.8 Å². The molecule has 0 amide bonds. The van der Waals surface area contributed by atoms with Gasteiger partial charge in [-0.25, -0.2) is 9.36 Å². The van der Waals surface area contributed by atoms with E-state index in [9.17, 15) is 9.59 Å². The lowest BCUT2D eigenvalue weighted by Gasteiger charge is -2.44. The maximum absolute atomic E-state index is 13.6. The highest BCUT2D eigenvalue weighted by atomic mass is 16.6. The molecule has 0 aliphatic carbocycles. The minimum atomic E-state index is -0.624. The lowest BCUT2D eigenvalue weighted by Crippen LogP contribution is -2.50. The van der Waals surface area contributed by atoms with E-state index in [1.807, 2.05) is 44.4 Å². The monoisotopic (exact) mass is 555 g/mol. The van der Waals surface area contributed by atoms with Crippen LogP contribution in [0.25, 0.3) is 21.7 Å². The van der Waals surface area contributed by atoms with Crippen LogP contribution in [0, 0.1) is 0 Å². The lowest BCUT2D eigenvalue weighted by molar-refractivity contribution is -0.0502. The number of rotatable bonds is 4. The fourth-order valence-electron chi connectivity index (χ4n) is 7.00. The minimum Gasteiger partial charge on any atom is -0.441 e. The standard InChI is InChI=1S/C32H37N5O4/c1-32(2)29(35-10-5-3-4-6-11-35)27-18-23-8-7-22(17-26(23)37(27)31(39)41-32)21-36-12-9-24-25(30(36)38)19-33-20-28(24)34-13-15-40-16-14-34/h7-9,12,17-20,29H,3-6,10-11,13-16,21H2,1-2H3. The molecule has 9 heteroatoms. The van der Waals surface area contributed by atoms with Crippen LogP contribution in [-0.4, -0.2) is 70.1 Å². The highest BCUT2D eigenvalue weighted by molar-refractivity contribution is 5.93. The van der Waals surface area contributed by atoms with E-state index in [2.05, 4.69) is 26.9 Å². The first kappa shape index (κ1) is 26.2. The Hall–Kier alpha value is -3.69.